The Kier molecular flexibility index (Phi) is 16.1. The van der Waals surface area contributed by atoms with Gasteiger partial charge in [-0.15, -0.1) is 0 Å². The molecule has 0 saturated heterocycles. The van der Waals surface area contributed by atoms with Gasteiger partial charge in [0.05, 0.1) is 7.11 Å². The van der Waals surface area contributed by atoms with Crippen LogP contribution in [0.1, 0.15) is 90.5 Å². The topological polar surface area (TPSA) is 58.6 Å². The van der Waals surface area contributed by atoms with Gasteiger partial charge in [-0.2, -0.15) is 0 Å². The number of hydrogen-bond donors (Lipinski definition) is 2. The van der Waals surface area contributed by atoms with E-state index in [0.29, 0.717) is 24.1 Å². The van der Waals surface area contributed by atoms with Gasteiger partial charge in [-0.1, -0.05) is 94.7 Å². The summed E-state index contributed by atoms with van der Waals surface area (Å²) in [4.78, 5) is 12.0. The van der Waals surface area contributed by atoms with E-state index in [0.717, 1.165) is 37.7 Å². The average molecular weight is 482 g/mol. The van der Waals surface area contributed by atoms with E-state index < -0.39 is 0 Å². The largest absolute Gasteiger partial charge is 0.504 e. The van der Waals surface area contributed by atoms with Crippen molar-refractivity contribution >= 4 is 5.91 Å². The molecular weight excluding hydrogens is 434 g/mol. The van der Waals surface area contributed by atoms with Crippen molar-refractivity contribution in [3.05, 3.63) is 72.4 Å². The fourth-order valence-electron chi connectivity index (χ4n) is 3.64. The van der Waals surface area contributed by atoms with Gasteiger partial charge in [0.2, 0.25) is 5.91 Å². The molecule has 1 aromatic rings. The summed E-state index contributed by atoms with van der Waals surface area (Å²) in [7, 11) is 1.51. The molecule has 194 valence electrons. The zero-order chi connectivity index (χ0) is 25.8. The summed E-state index contributed by atoms with van der Waals surface area (Å²) in [5.41, 5.74) is 1.20. The second-order valence-electron chi connectivity index (χ2n) is 9.64. The Balaban J connectivity index is 2.08. The van der Waals surface area contributed by atoms with Crippen molar-refractivity contribution in [1.82, 2.24) is 5.32 Å². The van der Waals surface area contributed by atoms with E-state index in [1.807, 2.05) is 0 Å². The van der Waals surface area contributed by atoms with Crippen molar-refractivity contribution in [3.63, 3.8) is 0 Å². The average Bonchev–Trinajstić information content (AvgIpc) is 2.83. The lowest BCUT2D eigenvalue weighted by molar-refractivity contribution is -0.121. The molecule has 4 nitrogen and oxygen atoms in total. The summed E-state index contributed by atoms with van der Waals surface area (Å²) < 4.78 is 5.09. The van der Waals surface area contributed by atoms with Crippen LogP contribution in [0, 0.1) is 5.41 Å². The van der Waals surface area contributed by atoms with E-state index in [2.05, 4.69) is 74.7 Å². The van der Waals surface area contributed by atoms with Crippen LogP contribution in [0.15, 0.2) is 66.8 Å². The van der Waals surface area contributed by atoms with Gasteiger partial charge in [0, 0.05) is 13.0 Å². The fourth-order valence-corrected chi connectivity index (χ4v) is 3.64. The number of rotatable bonds is 18. The maximum absolute atomic E-state index is 12.0. The van der Waals surface area contributed by atoms with Crippen LogP contribution in [0.5, 0.6) is 11.5 Å². The van der Waals surface area contributed by atoms with E-state index >= 15 is 0 Å². The fraction of sp³-hybridized carbons (Fsp3) is 0.516. The van der Waals surface area contributed by atoms with Crippen LogP contribution in [-0.2, 0) is 11.3 Å². The molecule has 0 bridgehead atoms. The highest BCUT2D eigenvalue weighted by Crippen LogP contribution is 2.26. The van der Waals surface area contributed by atoms with Crippen LogP contribution >= 0.6 is 0 Å². The predicted octanol–water partition coefficient (Wildman–Crippen LogP) is 8.19. The highest BCUT2D eigenvalue weighted by Gasteiger charge is 2.12. The standard InChI is InChI=1S/C31H47NO3/c1-5-6-18-23-31(2,3)24-19-16-14-12-10-8-7-9-11-13-15-17-20-30(34)32-26-27-21-22-28(33)29(25-27)35-4/h7-8,11-14,19,21-22,24-25,33H,5-6,9-10,15-18,20,23,26H2,1-4H3,(H,32,34)/b8-7-,13-11-,14-12-,24-19-. The number of phenolic OH excluding ortho intramolecular Hbond substituents is 1. The second kappa shape index (κ2) is 18.6. The van der Waals surface area contributed by atoms with Crippen molar-refractivity contribution in [3.8, 4) is 11.5 Å². The molecule has 4 heteroatoms. The number of aromatic hydroxyl groups is 1. The van der Waals surface area contributed by atoms with E-state index in [4.69, 9.17) is 4.74 Å². The molecule has 0 fully saturated rings. The Morgan fingerprint density at radius 2 is 1.63 bits per heavy atom. The third kappa shape index (κ3) is 15.7. The molecule has 0 aliphatic heterocycles. The first-order valence-electron chi connectivity index (χ1n) is 13.1. The van der Waals surface area contributed by atoms with E-state index in [-0.39, 0.29) is 11.7 Å². The van der Waals surface area contributed by atoms with Gasteiger partial charge in [0.15, 0.2) is 11.5 Å². The number of carbonyl (C=O) groups excluding carboxylic acids is 1. The van der Waals surface area contributed by atoms with Crippen LogP contribution in [0.25, 0.3) is 0 Å². The van der Waals surface area contributed by atoms with E-state index in [1.54, 1.807) is 18.2 Å². The second-order valence-corrected chi connectivity index (χ2v) is 9.64. The monoisotopic (exact) mass is 481 g/mol. The molecule has 0 heterocycles. The summed E-state index contributed by atoms with van der Waals surface area (Å²) >= 11 is 0. The molecule has 1 aromatic carbocycles. The van der Waals surface area contributed by atoms with Crippen LogP contribution in [-0.4, -0.2) is 18.1 Å². The molecule has 0 saturated carbocycles. The molecule has 0 aromatic heterocycles. The van der Waals surface area contributed by atoms with Gasteiger partial charge in [-0.25, -0.2) is 0 Å². The molecule has 0 aliphatic rings. The number of methoxy groups -OCH3 is 1. The van der Waals surface area contributed by atoms with Gasteiger partial charge >= 0.3 is 0 Å². The lowest BCUT2D eigenvalue weighted by Crippen LogP contribution is -2.22. The maximum Gasteiger partial charge on any atom is 0.220 e. The smallest absolute Gasteiger partial charge is 0.220 e. The lowest BCUT2D eigenvalue weighted by atomic mass is 9.86. The van der Waals surface area contributed by atoms with E-state index in [1.165, 1.54) is 32.8 Å². The van der Waals surface area contributed by atoms with Crippen molar-refractivity contribution in [2.75, 3.05) is 7.11 Å². The Bertz CT molecular complexity index is 834. The summed E-state index contributed by atoms with van der Waals surface area (Å²) in [6.45, 7) is 7.33. The molecule has 1 amide bonds. The number of benzene rings is 1. The van der Waals surface area contributed by atoms with Crippen LogP contribution in [0.4, 0.5) is 0 Å². The van der Waals surface area contributed by atoms with Crippen LogP contribution < -0.4 is 10.1 Å². The molecule has 1 rings (SSSR count). The minimum Gasteiger partial charge on any atom is -0.504 e. The Hall–Kier alpha value is -2.75. The van der Waals surface area contributed by atoms with Crippen molar-refractivity contribution in [2.45, 2.75) is 91.5 Å². The Labute approximate surface area is 213 Å². The Morgan fingerprint density at radius 1 is 0.971 bits per heavy atom. The zero-order valence-electron chi connectivity index (χ0n) is 22.4. The summed E-state index contributed by atoms with van der Waals surface area (Å²) in [5, 5.41) is 12.5. The minimum absolute atomic E-state index is 0.0343. The first kappa shape index (κ1) is 30.3. The van der Waals surface area contributed by atoms with Crippen molar-refractivity contribution in [2.24, 2.45) is 5.41 Å². The van der Waals surface area contributed by atoms with Gasteiger partial charge in [0.1, 0.15) is 0 Å². The number of nitrogens with one attached hydrogen (secondary N) is 1. The highest BCUT2D eigenvalue weighted by atomic mass is 16.5. The molecule has 0 spiro atoms. The number of ether oxygens (including phenoxy) is 1. The summed E-state index contributed by atoms with van der Waals surface area (Å²) in [6, 6.07) is 5.08. The number of phenols is 1. The number of amides is 1. The minimum atomic E-state index is 0.0343. The third-order valence-corrected chi connectivity index (χ3v) is 5.82. The van der Waals surface area contributed by atoms with Crippen molar-refractivity contribution < 1.29 is 14.6 Å². The number of hydrogen-bond acceptors (Lipinski definition) is 3. The molecule has 35 heavy (non-hydrogen) atoms. The number of allylic oxidation sites excluding steroid dienone is 8. The van der Waals surface area contributed by atoms with Crippen LogP contribution in [0.2, 0.25) is 0 Å². The highest BCUT2D eigenvalue weighted by molar-refractivity contribution is 5.75. The predicted molar refractivity (Wildman–Crippen MR) is 149 cm³/mol. The summed E-state index contributed by atoms with van der Waals surface area (Å²) in [5.74, 6) is 0.546. The van der Waals surface area contributed by atoms with Gasteiger partial charge in [0.25, 0.3) is 0 Å². The normalized spacial score (nSPS) is 12.5. The molecule has 0 unspecified atom stereocenters. The first-order valence-corrected chi connectivity index (χ1v) is 13.1. The lowest BCUT2D eigenvalue weighted by Gasteiger charge is -2.19. The molecule has 2 N–H and O–H groups in total. The van der Waals surface area contributed by atoms with Gasteiger partial charge in [-0.05, 0) is 61.6 Å². The summed E-state index contributed by atoms with van der Waals surface area (Å²) in [6.07, 6.45) is 28.1. The number of carbonyl (C=O) groups is 1. The van der Waals surface area contributed by atoms with E-state index in [9.17, 15) is 9.90 Å². The first-order chi connectivity index (χ1) is 16.9. The quantitative estimate of drug-likeness (QED) is 0.164. The van der Waals surface area contributed by atoms with Crippen molar-refractivity contribution in [1.29, 1.82) is 0 Å². The SMILES string of the molecule is CCCCCC(C)(C)/C=C\C/C=C\C/C=C\C/C=C\CCCC(=O)NCc1ccc(O)c(OC)c1. The molecule has 0 radical (unpaired) electrons. The molecular formula is C31H47NO3. The Morgan fingerprint density at radius 3 is 2.29 bits per heavy atom. The molecule has 0 aliphatic carbocycles. The number of unbranched alkanes of at least 4 members (excludes halogenated alkanes) is 3. The third-order valence-electron chi connectivity index (χ3n) is 5.82. The van der Waals surface area contributed by atoms with Gasteiger partial charge < -0.3 is 15.2 Å². The zero-order valence-corrected chi connectivity index (χ0v) is 22.4. The molecule has 0 atom stereocenters. The van der Waals surface area contributed by atoms with Gasteiger partial charge in [-0.3, -0.25) is 4.79 Å². The van der Waals surface area contributed by atoms with Crippen LogP contribution in [0.3, 0.4) is 0 Å². The maximum atomic E-state index is 12.0.